The van der Waals surface area contributed by atoms with Gasteiger partial charge in [0.15, 0.2) is 0 Å². The van der Waals surface area contributed by atoms with Gasteiger partial charge in [0.2, 0.25) is 5.88 Å². The zero-order valence-corrected chi connectivity index (χ0v) is 17.2. The van der Waals surface area contributed by atoms with Gasteiger partial charge in [-0.15, -0.1) is 0 Å². The summed E-state index contributed by atoms with van der Waals surface area (Å²) in [6.07, 6.45) is 5.10. The maximum atomic E-state index is 12.5. The van der Waals surface area contributed by atoms with E-state index in [0.717, 1.165) is 0 Å². The van der Waals surface area contributed by atoms with E-state index in [1.54, 1.807) is 25.4 Å². The Hall–Kier alpha value is -2.39. The predicted octanol–water partition coefficient (Wildman–Crippen LogP) is 1.87. The summed E-state index contributed by atoms with van der Waals surface area (Å²) in [6.45, 7) is 10.1. The van der Waals surface area contributed by atoms with Crippen molar-refractivity contribution in [1.29, 1.82) is 0 Å². The second-order valence-electron chi connectivity index (χ2n) is 7.67. The lowest BCUT2D eigenvalue weighted by molar-refractivity contribution is 0.00578. The van der Waals surface area contributed by atoms with E-state index in [-0.39, 0.29) is 24.7 Å². The van der Waals surface area contributed by atoms with Crippen molar-refractivity contribution in [2.24, 2.45) is 7.05 Å². The van der Waals surface area contributed by atoms with Gasteiger partial charge >= 0.3 is 13.1 Å². The van der Waals surface area contributed by atoms with Gasteiger partial charge in [0, 0.05) is 31.1 Å². The van der Waals surface area contributed by atoms with Crippen molar-refractivity contribution in [3.05, 3.63) is 36.0 Å². The van der Waals surface area contributed by atoms with E-state index >= 15 is 0 Å². The first kappa shape index (κ1) is 20.4. The van der Waals surface area contributed by atoms with Gasteiger partial charge in [-0.25, -0.2) is 14.8 Å². The van der Waals surface area contributed by atoms with Crippen LogP contribution in [0.2, 0.25) is 0 Å². The monoisotopic (exact) mass is 387 g/mol. The van der Waals surface area contributed by atoms with Gasteiger partial charge in [-0.2, -0.15) is 0 Å². The fraction of sp³-hybridized carbons (Fsp3) is 0.526. The SMILES string of the molecule is CCOC(=O)c1cc(B2OC(C)(C)C(C)(C)O2)cnc1OCc1nccn1C. The fourth-order valence-corrected chi connectivity index (χ4v) is 2.71. The van der Waals surface area contributed by atoms with Crippen LogP contribution in [0.15, 0.2) is 24.7 Å². The molecule has 3 rings (SSSR count). The van der Waals surface area contributed by atoms with Crippen LogP contribution in [0, 0.1) is 0 Å². The smallest absolute Gasteiger partial charge is 0.469 e. The van der Waals surface area contributed by atoms with Gasteiger partial charge in [-0.1, -0.05) is 0 Å². The van der Waals surface area contributed by atoms with Crippen LogP contribution in [0.5, 0.6) is 5.88 Å². The molecule has 0 atom stereocenters. The quantitative estimate of drug-likeness (QED) is 0.553. The molecule has 1 aliphatic rings. The Morgan fingerprint density at radius 1 is 1.21 bits per heavy atom. The lowest BCUT2D eigenvalue weighted by Crippen LogP contribution is -2.41. The number of pyridine rings is 1. The highest BCUT2D eigenvalue weighted by Crippen LogP contribution is 2.36. The summed E-state index contributed by atoms with van der Waals surface area (Å²) in [5, 5.41) is 0. The Morgan fingerprint density at radius 3 is 2.46 bits per heavy atom. The van der Waals surface area contributed by atoms with Crippen molar-refractivity contribution in [2.75, 3.05) is 6.61 Å². The highest BCUT2D eigenvalue weighted by atomic mass is 16.7. The molecule has 2 aromatic rings. The first-order valence-corrected chi connectivity index (χ1v) is 9.26. The predicted molar refractivity (Wildman–Crippen MR) is 103 cm³/mol. The molecule has 1 fully saturated rings. The van der Waals surface area contributed by atoms with Crippen LogP contribution in [-0.4, -0.2) is 45.4 Å². The van der Waals surface area contributed by atoms with Gasteiger partial charge in [-0.3, -0.25) is 0 Å². The van der Waals surface area contributed by atoms with Crippen LogP contribution in [0.3, 0.4) is 0 Å². The average molecular weight is 387 g/mol. The molecular weight excluding hydrogens is 361 g/mol. The van der Waals surface area contributed by atoms with E-state index in [1.807, 2.05) is 45.5 Å². The Bertz CT molecular complexity index is 849. The van der Waals surface area contributed by atoms with Crippen molar-refractivity contribution >= 4 is 18.6 Å². The fourth-order valence-electron chi connectivity index (χ4n) is 2.71. The van der Waals surface area contributed by atoms with Crippen LogP contribution >= 0.6 is 0 Å². The number of aryl methyl sites for hydroxylation is 1. The molecule has 8 nitrogen and oxygen atoms in total. The molecule has 0 unspecified atom stereocenters. The number of carbonyl (C=O) groups excluding carboxylic acids is 1. The molecule has 0 bridgehead atoms. The molecule has 150 valence electrons. The van der Waals surface area contributed by atoms with E-state index in [1.165, 1.54) is 0 Å². The second-order valence-corrected chi connectivity index (χ2v) is 7.67. The van der Waals surface area contributed by atoms with E-state index in [0.29, 0.717) is 11.3 Å². The number of rotatable bonds is 6. The Kier molecular flexibility index (Phi) is 5.49. The zero-order valence-electron chi connectivity index (χ0n) is 17.2. The molecule has 3 heterocycles. The molecule has 0 aliphatic carbocycles. The molecule has 0 amide bonds. The summed E-state index contributed by atoms with van der Waals surface area (Å²) >= 11 is 0. The van der Waals surface area contributed by atoms with Crippen LogP contribution in [-0.2, 0) is 27.7 Å². The molecule has 0 saturated carbocycles. The Morgan fingerprint density at radius 2 is 1.89 bits per heavy atom. The van der Waals surface area contributed by atoms with E-state index in [2.05, 4.69) is 9.97 Å². The van der Waals surface area contributed by atoms with Gasteiger partial charge in [0.05, 0.1) is 17.8 Å². The van der Waals surface area contributed by atoms with E-state index in [9.17, 15) is 4.79 Å². The van der Waals surface area contributed by atoms with Gasteiger partial charge < -0.3 is 23.3 Å². The number of aromatic nitrogens is 3. The normalized spacial score (nSPS) is 17.6. The summed E-state index contributed by atoms with van der Waals surface area (Å²) < 4.78 is 24.9. The third-order valence-corrected chi connectivity index (χ3v) is 5.15. The number of ether oxygens (including phenoxy) is 2. The third-order valence-electron chi connectivity index (χ3n) is 5.15. The number of esters is 1. The summed E-state index contributed by atoms with van der Waals surface area (Å²) in [4.78, 5) is 21.0. The number of carbonyl (C=O) groups is 1. The van der Waals surface area contributed by atoms with Crippen molar-refractivity contribution in [3.8, 4) is 5.88 Å². The Labute approximate surface area is 165 Å². The van der Waals surface area contributed by atoms with Crippen molar-refractivity contribution in [1.82, 2.24) is 14.5 Å². The average Bonchev–Trinajstić information content (AvgIpc) is 3.12. The van der Waals surface area contributed by atoms with Gasteiger partial charge in [0.1, 0.15) is 18.0 Å². The first-order valence-electron chi connectivity index (χ1n) is 9.26. The molecular formula is C19H26BN3O5. The summed E-state index contributed by atoms with van der Waals surface area (Å²) in [6, 6.07) is 1.65. The zero-order chi connectivity index (χ0) is 20.5. The van der Waals surface area contributed by atoms with Crippen LogP contribution in [0.25, 0.3) is 0 Å². The molecule has 0 aromatic carbocycles. The topological polar surface area (TPSA) is 84.7 Å². The van der Waals surface area contributed by atoms with E-state index in [4.69, 9.17) is 18.8 Å². The van der Waals surface area contributed by atoms with E-state index < -0.39 is 24.3 Å². The van der Waals surface area contributed by atoms with Gasteiger partial charge in [0.25, 0.3) is 0 Å². The van der Waals surface area contributed by atoms with Crippen LogP contribution in [0.4, 0.5) is 0 Å². The van der Waals surface area contributed by atoms with Crippen molar-refractivity contribution in [2.45, 2.75) is 52.4 Å². The molecule has 1 saturated heterocycles. The van der Waals surface area contributed by atoms with Crippen molar-refractivity contribution < 1.29 is 23.6 Å². The van der Waals surface area contributed by atoms with Crippen LogP contribution in [0.1, 0.15) is 50.8 Å². The molecule has 2 aromatic heterocycles. The third kappa shape index (κ3) is 3.90. The summed E-state index contributed by atoms with van der Waals surface area (Å²) in [7, 11) is 1.24. The molecule has 0 spiro atoms. The maximum absolute atomic E-state index is 12.5. The van der Waals surface area contributed by atoms with Crippen LogP contribution < -0.4 is 10.2 Å². The number of imidazole rings is 1. The molecule has 0 radical (unpaired) electrons. The molecule has 28 heavy (non-hydrogen) atoms. The van der Waals surface area contributed by atoms with Gasteiger partial charge in [-0.05, 0) is 40.7 Å². The lowest BCUT2D eigenvalue weighted by Gasteiger charge is -2.32. The minimum absolute atomic E-state index is 0.179. The largest absolute Gasteiger partial charge is 0.496 e. The highest BCUT2D eigenvalue weighted by molar-refractivity contribution is 6.62. The number of nitrogens with zero attached hydrogens (tertiary/aromatic N) is 3. The lowest BCUT2D eigenvalue weighted by atomic mass is 9.79. The molecule has 9 heteroatoms. The second kappa shape index (κ2) is 7.56. The molecule has 0 N–H and O–H groups in total. The first-order chi connectivity index (χ1) is 13.1. The molecule has 1 aliphatic heterocycles. The number of hydrogen-bond donors (Lipinski definition) is 0. The Balaban J connectivity index is 1.87. The minimum atomic E-state index is -0.630. The summed E-state index contributed by atoms with van der Waals surface area (Å²) in [5.74, 6) is 0.386. The highest BCUT2D eigenvalue weighted by Gasteiger charge is 2.52. The maximum Gasteiger partial charge on any atom is 0.496 e. The standard InChI is InChI=1S/C19H26BN3O5/c1-7-25-17(24)14-10-13(20-27-18(2,3)19(4,5)28-20)11-22-16(14)26-12-15-21-8-9-23(15)6/h8-11H,7,12H2,1-6H3. The summed E-state index contributed by atoms with van der Waals surface area (Å²) in [5.41, 5.74) is -0.126. The minimum Gasteiger partial charge on any atom is -0.469 e. The number of hydrogen-bond acceptors (Lipinski definition) is 7. The van der Waals surface area contributed by atoms with Crippen molar-refractivity contribution in [3.63, 3.8) is 0 Å².